The summed E-state index contributed by atoms with van der Waals surface area (Å²) in [5.74, 6) is 0.411. The first-order valence-corrected chi connectivity index (χ1v) is 13.4. The van der Waals surface area contributed by atoms with Gasteiger partial charge in [-0.05, 0) is 75.0 Å². The molecule has 1 aliphatic heterocycles. The molecule has 2 aliphatic rings. The lowest BCUT2D eigenvalue weighted by atomic mass is 9.65. The fraction of sp³-hybridized carbons (Fsp3) is 0.480. The number of hydrogen-bond donors (Lipinski definition) is 0. The number of carbonyl (C=O) groups is 1. The summed E-state index contributed by atoms with van der Waals surface area (Å²) >= 11 is 5.78. The normalized spacial score (nSPS) is 20.4. The minimum atomic E-state index is -3.22. The molecule has 1 saturated heterocycles. The van der Waals surface area contributed by atoms with E-state index in [4.69, 9.17) is 11.6 Å². The Morgan fingerprint density at radius 1 is 1.09 bits per heavy atom. The third kappa shape index (κ3) is 6.33. The molecular weight excluding hydrogens is 444 g/mol. The number of hydrogen-bond acceptors (Lipinski definition) is 4. The number of rotatable bonds is 6. The maximum Gasteiger partial charge on any atom is 0.232 e. The first-order chi connectivity index (χ1) is 15.2. The first kappa shape index (κ1) is 24.7. The smallest absolute Gasteiger partial charge is 0.232 e. The van der Waals surface area contributed by atoms with Crippen LogP contribution in [0, 0.1) is 5.92 Å². The average molecular weight is 477 g/mol. The van der Waals surface area contributed by atoms with Gasteiger partial charge in [0.05, 0.1) is 17.4 Å². The standard InChI is InChI=1S/C14H22N2O2S.C11H11ClO/c1-15-10-6-7-13(11-15)12-16(19(2,17)18)14-8-4-3-5-9-14;12-10-4-2-9(3-5-10)11(8-13)6-1-7-11/h3-5,8-9,13H,6-7,10-12H2,1-2H3;2-5,8H,1,6-7H2. The number of benzene rings is 2. The van der Waals surface area contributed by atoms with Gasteiger partial charge in [-0.3, -0.25) is 4.31 Å². The van der Waals surface area contributed by atoms with Gasteiger partial charge >= 0.3 is 0 Å². The number of nitrogens with zero attached hydrogens (tertiary/aromatic N) is 2. The molecule has 0 spiro atoms. The highest BCUT2D eigenvalue weighted by molar-refractivity contribution is 7.92. The van der Waals surface area contributed by atoms with Gasteiger partial charge in [-0.25, -0.2) is 8.42 Å². The Morgan fingerprint density at radius 2 is 1.75 bits per heavy atom. The van der Waals surface area contributed by atoms with Crippen molar-refractivity contribution in [1.29, 1.82) is 0 Å². The molecule has 1 unspecified atom stereocenters. The van der Waals surface area contributed by atoms with Gasteiger partial charge in [0.1, 0.15) is 6.29 Å². The maximum atomic E-state index is 12.0. The largest absolute Gasteiger partial charge is 0.306 e. The van der Waals surface area contributed by atoms with Gasteiger partial charge in [-0.2, -0.15) is 0 Å². The molecule has 0 N–H and O–H groups in total. The summed E-state index contributed by atoms with van der Waals surface area (Å²) in [4.78, 5) is 13.2. The van der Waals surface area contributed by atoms with Crippen molar-refractivity contribution < 1.29 is 13.2 Å². The van der Waals surface area contributed by atoms with E-state index in [2.05, 4.69) is 11.9 Å². The molecule has 32 heavy (non-hydrogen) atoms. The Morgan fingerprint density at radius 3 is 2.25 bits per heavy atom. The number of para-hydroxylation sites is 1. The molecule has 0 bridgehead atoms. The van der Waals surface area contributed by atoms with Crippen LogP contribution >= 0.6 is 11.6 Å². The van der Waals surface area contributed by atoms with Crippen molar-refractivity contribution in [2.24, 2.45) is 5.92 Å². The van der Waals surface area contributed by atoms with E-state index in [1.54, 1.807) is 0 Å². The Balaban J connectivity index is 0.000000193. The highest BCUT2D eigenvalue weighted by atomic mass is 35.5. The Labute approximate surface area is 197 Å². The van der Waals surface area contributed by atoms with Crippen molar-refractivity contribution in [3.8, 4) is 0 Å². The van der Waals surface area contributed by atoms with Crippen LogP contribution in [-0.2, 0) is 20.2 Å². The number of likely N-dealkylation sites (tertiary alicyclic amines) is 1. The van der Waals surface area contributed by atoms with Crippen molar-refractivity contribution >= 4 is 33.6 Å². The van der Waals surface area contributed by atoms with E-state index in [0.29, 0.717) is 12.5 Å². The molecule has 1 heterocycles. The van der Waals surface area contributed by atoms with E-state index in [0.717, 1.165) is 67.8 Å². The lowest BCUT2D eigenvalue weighted by molar-refractivity contribution is -0.115. The van der Waals surface area contributed by atoms with Gasteiger partial charge in [0.25, 0.3) is 0 Å². The van der Waals surface area contributed by atoms with Crippen molar-refractivity contribution in [3.05, 3.63) is 65.2 Å². The second-order valence-corrected chi connectivity index (χ2v) is 11.4. The van der Waals surface area contributed by atoms with E-state index < -0.39 is 10.0 Å². The number of aldehydes is 1. The molecule has 5 nitrogen and oxygen atoms in total. The minimum Gasteiger partial charge on any atom is -0.306 e. The summed E-state index contributed by atoms with van der Waals surface area (Å²) in [5.41, 5.74) is 1.68. The summed E-state index contributed by atoms with van der Waals surface area (Å²) in [6, 6.07) is 17.0. The highest BCUT2D eigenvalue weighted by Gasteiger charge is 2.38. The zero-order valence-corrected chi connectivity index (χ0v) is 20.5. The number of carbonyl (C=O) groups excluding carboxylic acids is 1. The molecule has 1 aliphatic carbocycles. The van der Waals surface area contributed by atoms with E-state index in [1.807, 2.05) is 54.6 Å². The molecule has 0 amide bonds. The molecule has 174 valence electrons. The van der Waals surface area contributed by atoms with Crippen LogP contribution in [0.3, 0.4) is 0 Å². The van der Waals surface area contributed by atoms with Crippen molar-refractivity contribution in [2.45, 2.75) is 37.5 Å². The zero-order valence-electron chi connectivity index (χ0n) is 18.9. The fourth-order valence-corrected chi connectivity index (χ4v) is 5.61. The first-order valence-electron chi connectivity index (χ1n) is 11.2. The van der Waals surface area contributed by atoms with Crippen molar-refractivity contribution in [3.63, 3.8) is 0 Å². The van der Waals surface area contributed by atoms with Gasteiger partial charge in [0.2, 0.25) is 10.0 Å². The Kier molecular flexibility index (Phi) is 8.37. The van der Waals surface area contributed by atoms with Gasteiger partial charge in [-0.15, -0.1) is 0 Å². The molecule has 2 aromatic carbocycles. The molecule has 7 heteroatoms. The van der Waals surface area contributed by atoms with Crippen LogP contribution in [0.2, 0.25) is 5.02 Å². The quantitative estimate of drug-likeness (QED) is 0.564. The highest BCUT2D eigenvalue weighted by Crippen LogP contribution is 2.42. The monoisotopic (exact) mass is 476 g/mol. The second-order valence-electron chi connectivity index (χ2n) is 9.03. The molecule has 0 aromatic heterocycles. The predicted octanol–water partition coefficient (Wildman–Crippen LogP) is 4.76. The molecule has 1 saturated carbocycles. The molecule has 0 radical (unpaired) electrons. The third-order valence-electron chi connectivity index (χ3n) is 6.48. The van der Waals surface area contributed by atoms with E-state index in [-0.39, 0.29) is 5.41 Å². The molecule has 4 rings (SSSR count). The maximum absolute atomic E-state index is 12.0. The van der Waals surface area contributed by atoms with Crippen LogP contribution in [0.25, 0.3) is 0 Å². The number of piperidine rings is 1. The van der Waals surface area contributed by atoms with E-state index in [1.165, 1.54) is 10.6 Å². The second kappa shape index (κ2) is 10.8. The minimum absolute atomic E-state index is 0.190. The topological polar surface area (TPSA) is 57.7 Å². The third-order valence-corrected chi connectivity index (χ3v) is 7.89. The van der Waals surface area contributed by atoms with Crippen molar-refractivity contribution in [1.82, 2.24) is 4.90 Å². The summed E-state index contributed by atoms with van der Waals surface area (Å²) < 4.78 is 25.5. The van der Waals surface area contributed by atoms with E-state index >= 15 is 0 Å². The van der Waals surface area contributed by atoms with Gasteiger partial charge in [0, 0.05) is 18.1 Å². The van der Waals surface area contributed by atoms with Crippen LogP contribution in [0.1, 0.15) is 37.7 Å². The van der Waals surface area contributed by atoms with Crippen LogP contribution < -0.4 is 4.31 Å². The molecule has 1 atom stereocenters. The molecule has 2 aromatic rings. The number of sulfonamides is 1. The van der Waals surface area contributed by atoms with Crippen LogP contribution in [0.4, 0.5) is 5.69 Å². The summed E-state index contributed by atoms with van der Waals surface area (Å²) in [7, 11) is -1.12. The van der Waals surface area contributed by atoms with Crippen molar-refractivity contribution in [2.75, 3.05) is 37.2 Å². The van der Waals surface area contributed by atoms with Gasteiger partial charge in [-0.1, -0.05) is 48.4 Å². The number of anilines is 1. The lowest BCUT2D eigenvalue weighted by Crippen LogP contribution is -2.41. The summed E-state index contributed by atoms with van der Waals surface area (Å²) in [6.45, 7) is 2.66. The average Bonchev–Trinajstić information content (AvgIpc) is 2.73. The number of halogens is 1. The lowest BCUT2D eigenvalue weighted by Gasteiger charge is -2.37. The van der Waals surface area contributed by atoms with Crippen LogP contribution in [0.5, 0.6) is 0 Å². The summed E-state index contributed by atoms with van der Waals surface area (Å²) in [6.07, 6.45) is 7.74. The SMILES string of the molecule is CN1CCCC(CN(c2ccccc2)S(C)(=O)=O)C1.O=CC1(c2ccc(Cl)cc2)CCC1. The zero-order chi connectivity index (χ0) is 23.2. The van der Waals surface area contributed by atoms with E-state index in [9.17, 15) is 13.2 Å². The fourth-order valence-electron chi connectivity index (χ4n) is 4.50. The molecule has 2 fully saturated rings. The van der Waals surface area contributed by atoms with Gasteiger partial charge in [0.15, 0.2) is 0 Å². The summed E-state index contributed by atoms with van der Waals surface area (Å²) in [5, 5.41) is 0.726. The predicted molar refractivity (Wildman–Crippen MR) is 132 cm³/mol. The Bertz CT molecular complexity index is 976. The molecular formula is C25H33ClN2O3S. The van der Waals surface area contributed by atoms with Crippen LogP contribution in [0.15, 0.2) is 54.6 Å². The van der Waals surface area contributed by atoms with Gasteiger partial charge < -0.3 is 9.69 Å². The Hall–Kier alpha value is -1.89. The van der Waals surface area contributed by atoms with Crippen LogP contribution in [-0.4, -0.2) is 52.5 Å².